The minimum absolute atomic E-state index is 0.304. The fraction of sp³-hybridized carbons (Fsp3) is 0.167. The summed E-state index contributed by atoms with van der Waals surface area (Å²) in [6.45, 7) is 2.00. The van der Waals surface area contributed by atoms with Crippen LogP contribution in [0, 0.1) is 0 Å². The summed E-state index contributed by atoms with van der Waals surface area (Å²) in [6.07, 6.45) is 0.304. The van der Waals surface area contributed by atoms with Gasteiger partial charge in [-0.25, -0.2) is 0 Å². The number of para-hydroxylation sites is 1. The minimum atomic E-state index is -4.10. The Balaban J connectivity index is 1.38. The molecule has 0 aliphatic carbocycles. The SMILES string of the molecule is COc1ccc(N(c2ccc(OC)cc2)c2ccc(-c3ccc4c5ccccc5n(CCC(C)S(=O)(=O)O)c4c3)cc2)cc1. The molecule has 6 aromatic rings. The number of nitrogens with zero attached hydrogens (tertiary/aromatic N) is 2. The molecule has 0 bridgehead atoms. The van der Waals surface area contributed by atoms with Crippen LogP contribution in [0.5, 0.6) is 11.5 Å². The molecule has 0 saturated heterocycles. The van der Waals surface area contributed by atoms with Crippen LogP contribution in [-0.4, -0.2) is 37.0 Å². The lowest BCUT2D eigenvalue weighted by Crippen LogP contribution is -2.18. The molecule has 0 fully saturated rings. The van der Waals surface area contributed by atoms with Gasteiger partial charge in [0.2, 0.25) is 0 Å². The van der Waals surface area contributed by atoms with E-state index in [1.807, 2.05) is 60.7 Å². The predicted octanol–water partition coefficient (Wildman–Crippen LogP) is 8.61. The highest BCUT2D eigenvalue weighted by atomic mass is 32.2. The van der Waals surface area contributed by atoms with Crippen molar-refractivity contribution in [3.8, 4) is 22.6 Å². The first-order valence-corrected chi connectivity index (χ1v) is 15.9. The summed E-state index contributed by atoms with van der Waals surface area (Å²) in [4.78, 5) is 2.18. The van der Waals surface area contributed by atoms with E-state index >= 15 is 0 Å². The number of benzene rings is 5. The van der Waals surface area contributed by atoms with Gasteiger partial charge in [-0.3, -0.25) is 4.55 Å². The normalized spacial score (nSPS) is 12.4. The molecule has 0 amide bonds. The van der Waals surface area contributed by atoms with Crippen molar-refractivity contribution in [1.29, 1.82) is 0 Å². The number of anilines is 3. The summed E-state index contributed by atoms with van der Waals surface area (Å²) in [5.74, 6) is 1.58. The first-order chi connectivity index (χ1) is 21.3. The number of fused-ring (bicyclic) bond motifs is 3. The van der Waals surface area contributed by atoms with Crippen molar-refractivity contribution in [2.45, 2.75) is 25.1 Å². The maximum absolute atomic E-state index is 11.7. The van der Waals surface area contributed by atoms with E-state index in [-0.39, 0.29) is 0 Å². The molecule has 7 nitrogen and oxygen atoms in total. The van der Waals surface area contributed by atoms with Crippen molar-refractivity contribution < 1.29 is 22.4 Å². The van der Waals surface area contributed by atoms with Gasteiger partial charge in [-0.1, -0.05) is 42.5 Å². The Kier molecular flexibility index (Phi) is 8.03. The highest BCUT2D eigenvalue weighted by Gasteiger charge is 2.19. The standard InChI is InChI=1S/C36H34N2O5S/c1-25(44(39,40)41)22-23-37-35-7-5-4-6-33(35)34-21-10-27(24-36(34)37)26-8-11-28(12-9-26)38(29-13-17-31(42-2)18-14-29)30-15-19-32(43-3)20-16-30/h4-21,24-25H,22-23H2,1-3H3,(H,39,40,41). The quantitative estimate of drug-likeness (QED) is 0.157. The van der Waals surface area contributed by atoms with Crippen LogP contribution in [0.25, 0.3) is 32.9 Å². The average molecular weight is 607 g/mol. The van der Waals surface area contributed by atoms with Gasteiger partial charge < -0.3 is 18.9 Å². The second-order valence-electron chi connectivity index (χ2n) is 10.8. The van der Waals surface area contributed by atoms with Crippen molar-refractivity contribution in [1.82, 2.24) is 4.57 Å². The highest BCUT2D eigenvalue weighted by molar-refractivity contribution is 7.86. The molecule has 5 aromatic carbocycles. The van der Waals surface area contributed by atoms with Gasteiger partial charge in [-0.15, -0.1) is 0 Å². The third-order valence-corrected chi connectivity index (χ3v) is 9.41. The Morgan fingerprint density at radius 3 is 1.73 bits per heavy atom. The summed E-state index contributed by atoms with van der Waals surface area (Å²) in [5, 5.41) is 1.36. The minimum Gasteiger partial charge on any atom is -0.497 e. The van der Waals surface area contributed by atoms with Gasteiger partial charge in [0.1, 0.15) is 11.5 Å². The van der Waals surface area contributed by atoms with Crippen LogP contribution in [0.1, 0.15) is 13.3 Å². The van der Waals surface area contributed by atoms with Crippen LogP contribution in [0.2, 0.25) is 0 Å². The van der Waals surface area contributed by atoms with Crippen LogP contribution in [-0.2, 0) is 16.7 Å². The van der Waals surface area contributed by atoms with Gasteiger partial charge in [-0.2, -0.15) is 8.42 Å². The van der Waals surface area contributed by atoms with Crippen molar-refractivity contribution in [3.63, 3.8) is 0 Å². The zero-order valence-corrected chi connectivity index (χ0v) is 25.7. The molecule has 0 spiro atoms. The van der Waals surface area contributed by atoms with E-state index in [0.29, 0.717) is 13.0 Å². The molecule has 8 heteroatoms. The van der Waals surface area contributed by atoms with E-state index < -0.39 is 15.4 Å². The monoisotopic (exact) mass is 606 g/mol. The Morgan fingerprint density at radius 1 is 0.682 bits per heavy atom. The Labute approximate surface area is 257 Å². The number of ether oxygens (including phenoxy) is 2. The zero-order chi connectivity index (χ0) is 30.8. The van der Waals surface area contributed by atoms with E-state index in [2.05, 4.69) is 64.1 Å². The third-order valence-electron chi connectivity index (χ3n) is 8.16. The number of rotatable bonds is 10. The lowest BCUT2D eigenvalue weighted by atomic mass is 10.0. The maximum atomic E-state index is 11.7. The van der Waals surface area contributed by atoms with Gasteiger partial charge in [0.25, 0.3) is 10.1 Å². The van der Waals surface area contributed by atoms with Crippen LogP contribution < -0.4 is 14.4 Å². The topological polar surface area (TPSA) is 81.0 Å². The zero-order valence-electron chi connectivity index (χ0n) is 24.8. The van der Waals surface area contributed by atoms with E-state index in [1.54, 1.807) is 14.2 Å². The van der Waals surface area contributed by atoms with Gasteiger partial charge in [-0.05, 0) is 97.3 Å². The van der Waals surface area contributed by atoms with Gasteiger partial charge in [0, 0.05) is 45.4 Å². The second-order valence-corrected chi connectivity index (χ2v) is 12.6. The van der Waals surface area contributed by atoms with Gasteiger partial charge in [0.15, 0.2) is 0 Å². The summed E-state index contributed by atoms with van der Waals surface area (Å²) in [6, 6.07) is 38.9. The molecule has 0 saturated carbocycles. The van der Waals surface area contributed by atoms with E-state index in [0.717, 1.165) is 61.5 Å². The molecule has 44 heavy (non-hydrogen) atoms. The first kappa shape index (κ1) is 29.3. The third kappa shape index (κ3) is 5.74. The lowest BCUT2D eigenvalue weighted by molar-refractivity contribution is 0.415. The molecule has 0 aliphatic rings. The molecule has 0 radical (unpaired) electrons. The average Bonchev–Trinajstić information content (AvgIpc) is 3.37. The van der Waals surface area contributed by atoms with Crippen molar-refractivity contribution >= 4 is 49.0 Å². The number of aryl methyl sites for hydroxylation is 1. The summed E-state index contributed by atoms with van der Waals surface area (Å²) >= 11 is 0. The fourth-order valence-electron chi connectivity index (χ4n) is 5.64. The molecular formula is C36H34N2O5S. The highest BCUT2D eigenvalue weighted by Crippen LogP contribution is 2.38. The smallest absolute Gasteiger partial charge is 0.267 e. The molecule has 1 aromatic heterocycles. The maximum Gasteiger partial charge on any atom is 0.267 e. The lowest BCUT2D eigenvalue weighted by Gasteiger charge is -2.26. The summed E-state index contributed by atoms with van der Waals surface area (Å²) < 4.78 is 45.9. The Bertz CT molecular complexity index is 1970. The van der Waals surface area contributed by atoms with E-state index in [9.17, 15) is 13.0 Å². The number of aromatic nitrogens is 1. The molecular weight excluding hydrogens is 572 g/mol. The van der Waals surface area contributed by atoms with Crippen molar-refractivity contribution in [2.24, 2.45) is 0 Å². The molecule has 0 aliphatic heterocycles. The number of hydrogen-bond donors (Lipinski definition) is 1. The molecule has 224 valence electrons. The van der Waals surface area contributed by atoms with Crippen LogP contribution in [0.15, 0.2) is 115 Å². The van der Waals surface area contributed by atoms with Crippen molar-refractivity contribution in [2.75, 3.05) is 19.1 Å². The largest absolute Gasteiger partial charge is 0.497 e. The second kappa shape index (κ2) is 12.1. The molecule has 1 N–H and O–H groups in total. The molecule has 1 atom stereocenters. The fourth-order valence-corrected chi connectivity index (χ4v) is 6.05. The van der Waals surface area contributed by atoms with Crippen LogP contribution >= 0.6 is 0 Å². The Hall–Kier alpha value is -4.79. The number of methoxy groups -OCH3 is 2. The summed E-state index contributed by atoms with van der Waals surface area (Å²) in [7, 11) is -0.785. The van der Waals surface area contributed by atoms with E-state index in [4.69, 9.17) is 9.47 Å². The van der Waals surface area contributed by atoms with Crippen LogP contribution in [0.3, 0.4) is 0 Å². The number of hydrogen-bond acceptors (Lipinski definition) is 5. The van der Waals surface area contributed by atoms with Crippen molar-refractivity contribution in [3.05, 3.63) is 115 Å². The molecule has 1 heterocycles. The summed E-state index contributed by atoms with van der Waals surface area (Å²) in [5.41, 5.74) is 7.15. The van der Waals surface area contributed by atoms with Gasteiger partial charge in [0.05, 0.1) is 19.5 Å². The van der Waals surface area contributed by atoms with Crippen LogP contribution in [0.4, 0.5) is 17.1 Å². The Morgan fingerprint density at radius 2 is 1.18 bits per heavy atom. The molecule has 1 unspecified atom stereocenters. The van der Waals surface area contributed by atoms with Gasteiger partial charge >= 0.3 is 0 Å². The predicted molar refractivity (Wildman–Crippen MR) is 178 cm³/mol. The first-order valence-electron chi connectivity index (χ1n) is 14.4. The molecule has 6 rings (SSSR count). The van der Waals surface area contributed by atoms with E-state index in [1.165, 1.54) is 6.92 Å².